The van der Waals surface area contributed by atoms with Gasteiger partial charge in [0.1, 0.15) is 0 Å². The molecule has 0 aliphatic heterocycles. The summed E-state index contributed by atoms with van der Waals surface area (Å²) in [5.74, 6) is 0. The fourth-order valence-electron chi connectivity index (χ4n) is 2.80. The highest BCUT2D eigenvalue weighted by molar-refractivity contribution is 7.07. The van der Waals surface area contributed by atoms with Gasteiger partial charge in [0.25, 0.3) is 0 Å². The van der Waals surface area contributed by atoms with Crippen LogP contribution in [0.1, 0.15) is 37.3 Å². The SMILES string of the molecule is CN(CC1(O)CCCC1)C(CN)c1ccsc1. The molecule has 4 heteroatoms. The molecule has 1 saturated carbocycles. The molecule has 96 valence electrons. The fourth-order valence-corrected chi connectivity index (χ4v) is 3.51. The van der Waals surface area contributed by atoms with Crippen molar-refractivity contribution in [3.8, 4) is 0 Å². The lowest BCUT2D eigenvalue weighted by molar-refractivity contribution is 0.00597. The number of aliphatic hydroxyl groups is 1. The molecule has 0 radical (unpaired) electrons. The van der Waals surface area contributed by atoms with Crippen molar-refractivity contribution >= 4 is 11.3 Å². The van der Waals surface area contributed by atoms with Crippen LogP contribution in [0.15, 0.2) is 16.8 Å². The van der Waals surface area contributed by atoms with Crippen molar-refractivity contribution in [2.24, 2.45) is 5.73 Å². The van der Waals surface area contributed by atoms with Gasteiger partial charge in [-0.25, -0.2) is 0 Å². The lowest BCUT2D eigenvalue weighted by Gasteiger charge is -2.33. The molecule has 3 nitrogen and oxygen atoms in total. The summed E-state index contributed by atoms with van der Waals surface area (Å²) < 4.78 is 0. The van der Waals surface area contributed by atoms with Gasteiger partial charge in [0.2, 0.25) is 0 Å². The molecule has 1 aromatic rings. The van der Waals surface area contributed by atoms with E-state index in [1.165, 1.54) is 5.56 Å². The van der Waals surface area contributed by atoms with Gasteiger partial charge in [0.05, 0.1) is 5.60 Å². The Morgan fingerprint density at radius 1 is 1.53 bits per heavy atom. The number of hydrogen-bond acceptors (Lipinski definition) is 4. The van der Waals surface area contributed by atoms with Crippen molar-refractivity contribution in [3.05, 3.63) is 22.4 Å². The Balaban J connectivity index is 2.00. The van der Waals surface area contributed by atoms with Crippen LogP contribution in [0.5, 0.6) is 0 Å². The van der Waals surface area contributed by atoms with Crippen LogP contribution in [-0.4, -0.2) is 35.7 Å². The molecule has 2 rings (SSSR count). The van der Waals surface area contributed by atoms with E-state index in [-0.39, 0.29) is 6.04 Å². The standard InChI is InChI=1S/C13H22N2OS/c1-15(10-13(16)5-2-3-6-13)12(8-14)11-4-7-17-9-11/h4,7,9,12,16H,2-3,5-6,8,10,14H2,1H3. The topological polar surface area (TPSA) is 49.5 Å². The van der Waals surface area contributed by atoms with Gasteiger partial charge in [-0.2, -0.15) is 11.3 Å². The Morgan fingerprint density at radius 3 is 2.76 bits per heavy atom. The van der Waals surface area contributed by atoms with E-state index >= 15 is 0 Å². The molecular weight excluding hydrogens is 232 g/mol. The third-order valence-corrected chi connectivity index (χ3v) is 4.46. The first-order valence-corrected chi connectivity index (χ1v) is 7.24. The smallest absolute Gasteiger partial charge is 0.0774 e. The van der Waals surface area contributed by atoms with Crippen LogP contribution >= 0.6 is 11.3 Å². The van der Waals surface area contributed by atoms with Crippen LogP contribution in [0.25, 0.3) is 0 Å². The minimum Gasteiger partial charge on any atom is -0.389 e. The van der Waals surface area contributed by atoms with Gasteiger partial charge in [-0.1, -0.05) is 12.8 Å². The van der Waals surface area contributed by atoms with Crippen molar-refractivity contribution in [1.82, 2.24) is 4.90 Å². The quantitative estimate of drug-likeness (QED) is 0.845. The molecule has 0 spiro atoms. The Labute approximate surface area is 107 Å². The van der Waals surface area contributed by atoms with Crippen LogP contribution in [0.4, 0.5) is 0 Å². The molecule has 0 amide bonds. The predicted octanol–water partition coefficient (Wildman–Crippen LogP) is 1.98. The van der Waals surface area contributed by atoms with Gasteiger partial charge in [-0.15, -0.1) is 0 Å². The van der Waals surface area contributed by atoms with Gasteiger partial charge in [-0.3, -0.25) is 4.90 Å². The molecule has 17 heavy (non-hydrogen) atoms. The van der Waals surface area contributed by atoms with Gasteiger partial charge < -0.3 is 10.8 Å². The van der Waals surface area contributed by atoms with E-state index in [1.807, 2.05) is 0 Å². The summed E-state index contributed by atoms with van der Waals surface area (Å²) in [6.07, 6.45) is 4.16. The number of likely N-dealkylation sites (N-methyl/N-ethyl adjacent to an activating group) is 1. The highest BCUT2D eigenvalue weighted by Gasteiger charge is 2.33. The summed E-state index contributed by atoms with van der Waals surface area (Å²) >= 11 is 1.70. The van der Waals surface area contributed by atoms with Crippen LogP contribution < -0.4 is 5.73 Å². The number of thiophene rings is 1. The maximum absolute atomic E-state index is 10.4. The molecule has 0 bridgehead atoms. The summed E-state index contributed by atoms with van der Waals surface area (Å²) in [6, 6.07) is 2.35. The van der Waals surface area contributed by atoms with Crippen LogP contribution in [0.2, 0.25) is 0 Å². The zero-order valence-electron chi connectivity index (χ0n) is 10.4. The van der Waals surface area contributed by atoms with Crippen LogP contribution in [0.3, 0.4) is 0 Å². The van der Waals surface area contributed by atoms with E-state index in [2.05, 4.69) is 28.8 Å². The molecule has 1 atom stereocenters. The average molecular weight is 254 g/mol. The zero-order valence-corrected chi connectivity index (χ0v) is 11.2. The summed E-state index contributed by atoms with van der Waals surface area (Å²) in [6.45, 7) is 1.33. The maximum atomic E-state index is 10.4. The second kappa shape index (κ2) is 5.48. The second-order valence-corrected chi connectivity index (χ2v) is 5.93. The molecule has 1 fully saturated rings. The van der Waals surface area contributed by atoms with E-state index in [4.69, 9.17) is 5.73 Å². The van der Waals surface area contributed by atoms with Gasteiger partial charge in [0, 0.05) is 19.1 Å². The van der Waals surface area contributed by atoms with Crippen LogP contribution in [-0.2, 0) is 0 Å². The molecule has 0 saturated heterocycles. The van der Waals surface area contributed by atoms with Crippen molar-refractivity contribution < 1.29 is 5.11 Å². The Bertz CT molecular complexity index is 333. The Morgan fingerprint density at radius 2 is 2.24 bits per heavy atom. The normalized spacial score (nSPS) is 20.9. The zero-order chi connectivity index (χ0) is 12.3. The molecule has 1 unspecified atom stereocenters. The van der Waals surface area contributed by atoms with Crippen LogP contribution in [0, 0.1) is 0 Å². The summed E-state index contributed by atoms with van der Waals surface area (Å²) in [7, 11) is 2.06. The van der Waals surface area contributed by atoms with E-state index in [0.29, 0.717) is 6.54 Å². The second-order valence-electron chi connectivity index (χ2n) is 5.15. The van der Waals surface area contributed by atoms with Gasteiger partial charge >= 0.3 is 0 Å². The first-order chi connectivity index (χ1) is 8.14. The summed E-state index contributed by atoms with van der Waals surface area (Å²) in [4.78, 5) is 2.20. The number of hydrogen-bond donors (Lipinski definition) is 2. The minimum atomic E-state index is -0.488. The molecule has 3 N–H and O–H groups in total. The lowest BCUT2D eigenvalue weighted by Crippen LogP contribution is -2.42. The van der Waals surface area contributed by atoms with E-state index in [0.717, 1.165) is 32.2 Å². The number of rotatable bonds is 5. The molecule has 1 aliphatic carbocycles. The monoisotopic (exact) mass is 254 g/mol. The fraction of sp³-hybridized carbons (Fsp3) is 0.692. The van der Waals surface area contributed by atoms with E-state index in [1.54, 1.807) is 11.3 Å². The third kappa shape index (κ3) is 3.07. The Kier molecular flexibility index (Phi) is 4.20. The molecule has 1 aliphatic rings. The highest BCUT2D eigenvalue weighted by Crippen LogP contribution is 2.32. The summed E-state index contributed by atoms with van der Waals surface area (Å²) in [5.41, 5.74) is 6.64. The average Bonchev–Trinajstić information content (AvgIpc) is 2.91. The highest BCUT2D eigenvalue weighted by atomic mass is 32.1. The number of nitrogens with two attached hydrogens (primary N) is 1. The molecule has 1 heterocycles. The third-order valence-electron chi connectivity index (χ3n) is 3.76. The van der Waals surface area contributed by atoms with E-state index < -0.39 is 5.60 Å². The maximum Gasteiger partial charge on any atom is 0.0774 e. The molecule has 0 aromatic carbocycles. The molecule has 1 aromatic heterocycles. The van der Waals surface area contributed by atoms with Gasteiger partial charge in [0.15, 0.2) is 0 Å². The number of nitrogens with zero attached hydrogens (tertiary/aromatic N) is 1. The van der Waals surface area contributed by atoms with E-state index in [9.17, 15) is 5.11 Å². The lowest BCUT2D eigenvalue weighted by atomic mass is 10.00. The Hall–Kier alpha value is -0.420. The van der Waals surface area contributed by atoms with Crippen molar-refractivity contribution in [2.75, 3.05) is 20.1 Å². The first-order valence-electron chi connectivity index (χ1n) is 6.29. The van der Waals surface area contributed by atoms with Crippen molar-refractivity contribution in [1.29, 1.82) is 0 Å². The molecular formula is C13H22N2OS. The van der Waals surface area contributed by atoms with Gasteiger partial charge in [-0.05, 0) is 42.3 Å². The first kappa shape index (κ1) is 13.0. The summed E-state index contributed by atoms with van der Waals surface area (Å²) in [5, 5.41) is 14.6. The van der Waals surface area contributed by atoms with Crippen molar-refractivity contribution in [2.45, 2.75) is 37.3 Å². The van der Waals surface area contributed by atoms with Crippen molar-refractivity contribution in [3.63, 3.8) is 0 Å². The minimum absolute atomic E-state index is 0.228. The largest absolute Gasteiger partial charge is 0.389 e. The predicted molar refractivity (Wildman–Crippen MR) is 72.2 cm³/mol.